The molecule has 1 amide bonds. The maximum absolute atomic E-state index is 12.2. The van der Waals surface area contributed by atoms with Gasteiger partial charge in [0.1, 0.15) is 6.61 Å². The van der Waals surface area contributed by atoms with Crippen molar-refractivity contribution in [3.05, 3.63) is 0 Å². The van der Waals surface area contributed by atoms with Crippen LogP contribution in [-0.2, 0) is 14.3 Å². The van der Waals surface area contributed by atoms with E-state index in [1.165, 1.54) is 51.4 Å². The summed E-state index contributed by atoms with van der Waals surface area (Å²) in [5.41, 5.74) is 0. The number of hydrogen-bond donors (Lipinski definition) is 1. The summed E-state index contributed by atoms with van der Waals surface area (Å²) in [6, 6.07) is 1.09. The molecule has 28 heavy (non-hydrogen) atoms. The fourth-order valence-corrected chi connectivity index (χ4v) is 5.29. The maximum atomic E-state index is 12.2. The summed E-state index contributed by atoms with van der Waals surface area (Å²) in [6.45, 7) is 4.49. The molecule has 0 atom stereocenters. The number of likely N-dealkylation sites (tertiary alicyclic amines) is 1. The molecule has 0 radical (unpaired) electrons. The summed E-state index contributed by atoms with van der Waals surface area (Å²) in [5, 5.41) is 3.20. The van der Waals surface area contributed by atoms with Crippen LogP contribution < -0.4 is 5.32 Å². The highest BCUT2D eigenvalue weighted by Gasteiger charge is 2.30. The highest BCUT2D eigenvalue weighted by molar-refractivity contribution is 5.77. The zero-order valence-electron chi connectivity index (χ0n) is 17.6. The topological polar surface area (TPSA) is 50.8 Å². The fourth-order valence-electron chi connectivity index (χ4n) is 5.29. The maximum Gasteiger partial charge on any atom is 0.246 e. The number of nitrogens with zero attached hydrogens (tertiary/aromatic N) is 1. The monoisotopic (exact) mass is 392 g/mol. The minimum Gasteiger partial charge on any atom is -0.381 e. The Labute approximate surface area is 170 Å². The van der Waals surface area contributed by atoms with Crippen molar-refractivity contribution in [3.8, 4) is 0 Å². The van der Waals surface area contributed by atoms with E-state index in [2.05, 4.69) is 10.2 Å². The number of nitrogens with one attached hydrogen (secondary N) is 1. The zero-order chi connectivity index (χ0) is 19.2. The van der Waals surface area contributed by atoms with Gasteiger partial charge in [-0.25, -0.2) is 0 Å². The van der Waals surface area contributed by atoms with Crippen LogP contribution in [0.1, 0.15) is 77.0 Å². The largest absolute Gasteiger partial charge is 0.381 e. The molecular weight excluding hydrogens is 352 g/mol. The van der Waals surface area contributed by atoms with Crippen LogP contribution in [0.3, 0.4) is 0 Å². The van der Waals surface area contributed by atoms with Gasteiger partial charge in [-0.2, -0.15) is 0 Å². The quantitative estimate of drug-likeness (QED) is 0.652. The molecule has 3 saturated carbocycles. The first-order valence-electron chi connectivity index (χ1n) is 12.0. The van der Waals surface area contributed by atoms with E-state index >= 15 is 0 Å². The van der Waals surface area contributed by atoms with Gasteiger partial charge in [-0.15, -0.1) is 0 Å². The molecule has 4 rings (SSSR count). The van der Waals surface area contributed by atoms with Crippen LogP contribution in [0.4, 0.5) is 0 Å². The van der Waals surface area contributed by atoms with Gasteiger partial charge in [0.05, 0.1) is 6.10 Å². The van der Waals surface area contributed by atoms with Crippen molar-refractivity contribution < 1.29 is 14.3 Å². The molecule has 1 N–H and O–H groups in total. The number of rotatable bonds is 9. The Bertz CT molecular complexity index is 474. The van der Waals surface area contributed by atoms with E-state index in [1.807, 2.05) is 0 Å². The molecule has 1 heterocycles. The highest BCUT2D eigenvalue weighted by atomic mass is 16.5. The molecule has 0 bridgehead atoms. The molecule has 1 aliphatic heterocycles. The lowest BCUT2D eigenvalue weighted by Gasteiger charge is -2.41. The van der Waals surface area contributed by atoms with Crippen molar-refractivity contribution in [2.45, 2.75) is 95.2 Å². The molecule has 0 spiro atoms. The SMILES string of the molecule is O=C(COC1CCCC1)NC1CCN(C2CCC(COCC3CC3)CC2)CC1. The van der Waals surface area contributed by atoms with Crippen LogP contribution in [0.15, 0.2) is 0 Å². The summed E-state index contributed by atoms with van der Waals surface area (Å²) in [4.78, 5) is 14.8. The second-order valence-corrected chi connectivity index (χ2v) is 9.75. The first kappa shape index (κ1) is 20.6. The van der Waals surface area contributed by atoms with Crippen molar-refractivity contribution in [2.24, 2.45) is 11.8 Å². The van der Waals surface area contributed by atoms with Crippen molar-refractivity contribution >= 4 is 5.91 Å². The molecule has 3 aliphatic carbocycles. The van der Waals surface area contributed by atoms with E-state index in [1.54, 1.807) is 0 Å². The van der Waals surface area contributed by atoms with Gasteiger partial charge in [-0.1, -0.05) is 12.8 Å². The third kappa shape index (κ3) is 6.43. The minimum absolute atomic E-state index is 0.0806. The van der Waals surface area contributed by atoms with Crippen molar-refractivity contribution in [1.29, 1.82) is 0 Å². The van der Waals surface area contributed by atoms with E-state index in [-0.39, 0.29) is 12.5 Å². The van der Waals surface area contributed by atoms with Crippen LogP contribution in [0.2, 0.25) is 0 Å². The van der Waals surface area contributed by atoms with Gasteiger partial charge in [0.2, 0.25) is 5.91 Å². The fraction of sp³-hybridized carbons (Fsp3) is 0.957. The smallest absolute Gasteiger partial charge is 0.246 e. The van der Waals surface area contributed by atoms with E-state index in [4.69, 9.17) is 9.47 Å². The molecule has 5 nitrogen and oxygen atoms in total. The minimum atomic E-state index is 0.0806. The summed E-state index contributed by atoms with van der Waals surface area (Å²) in [7, 11) is 0. The van der Waals surface area contributed by atoms with Gasteiger partial charge in [-0.3, -0.25) is 4.79 Å². The second-order valence-electron chi connectivity index (χ2n) is 9.75. The molecule has 1 saturated heterocycles. The van der Waals surface area contributed by atoms with E-state index in [0.29, 0.717) is 12.1 Å². The standard InChI is InChI=1S/C23H40N2O3/c26-23(17-28-22-3-1-2-4-22)24-20-11-13-25(14-12-20)21-9-7-19(8-10-21)16-27-15-18-5-6-18/h18-22H,1-17H2,(H,24,26). The lowest BCUT2D eigenvalue weighted by atomic mass is 9.85. The first-order valence-corrected chi connectivity index (χ1v) is 12.0. The molecule has 5 heteroatoms. The third-order valence-electron chi connectivity index (χ3n) is 7.38. The summed E-state index contributed by atoms with van der Waals surface area (Å²) >= 11 is 0. The average molecular weight is 393 g/mol. The Balaban J connectivity index is 1.07. The predicted molar refractivity (Wildman–Crippen MR) is 110 cm³/mol. The molecule has 0 aromatic rings. The second kappa shape index (κ2) is 10.4. The Morgan fingerprint density at radius 2 is 1.43 bits per heavy atom. The van der Waals surface area contributed by atoms with Gasteiger partial charge in [0.15, 0.2) is 0 Å². The van der Waals surface area contributed by atoms with Crippen molar-refractivity contribution in [1.82, 2.24) is 10.2 Å². The number of ether oxygens (including phenoxy) is 2. The van der Waals surface area contributed by atoms with Crippen LogP contribution >= 0.6 is 0 Å². The number of carbonyl (C=O) groups is 1. The molecule has 160 valence electrons. The van der Waals surface area contributed by atoms with Crippen LogP contribution in [0.5, 0.6) is 0 Å². The number of hydrogen-bond acceptors (Lipinski definition) is 4. The summed E-state index contributed by atoms with van der Waals surface area (Å²) in [5.74, 6) is 1.75. The van der Waals surface area contributed by atoms with E-state index < -0.39 is 0 Å². The Morgan fingerprint density at radius 1 is 0.821 bits per heavy atom. The normalized spacial score (nSPS) is 30.6. The van der Waals surface area contributed by atoms with E-state index in [0.717, 1.165) is 69.9 Å². The Kier molecular flexibility index (Phi) is 7.66. The van der Waals surface area contributed by atoms with Gasteiger partial charge in [0, 0.05) is 38.4 Å². The summed E-state index contributed by atoms with van der Waals surface area (Å²) in [6.07, 6.45) is 15.3. The molecule has 0 aromatic heterocycles. The van der Waals surface area contributed by atoms with Crippen molar-refractivity contribution in [2.75, 3.05) is 32.9 Å². The number of piperidine rings is 1. The summed E-state index contributed by atoms with van der Waals surface area (Å²) < 4.78 is 11.7. The molecule has 4 aliphatic rings. The highest BCUT2D eigenvalue weighted by Crippen LogP contribution is 2.32. The van der Waals surface area contributed by atoms with Crippen LogP contribution in [-0.4, -0.2) is 61.9 Å². The van der Waals surface area contributed by atoms with Crippen LogP contribution in [0, 0.1) is 11.8 Å². The molecule has 0 aromatic carbocycles. The zero-order valence-corrected chi connectivity index (χ0v) is 17.6. The van der Waals surface area contributed by atoms with Crippen molar-refractivity contribution in [3.63, 3.8) is 0 Å². The van der Waals surface area contributed by atoms with E-state index in [9.17, 15) is 4.79 Å². The average Bonchev–Trinajstić information content (AvgIpc) is 3.39. The molecule has 0 unspecified atom stereocenters. The van der Waals surface area contributed by atoms with Crippen LogP contribution in [0.25, 0.3) is 0 Å². The number of carbonyl (C=O) groups excluding carboxylic acids is 1. The first-order chi connectivity index (χ1) is 13.8. The lowest BCUT2D eigenvalue weighted by Crippen LogP contribution is -2.49. The van der Waals surface area contributed by atoms with Gasteiger partial charge in [-0.05, 0) is 76.0 Å². The Hall–Kier alpha value is -0.650. The third-order valence-corrected chi connectivity index (χ3v) is 7.38. The molecular formula is C23H40N2O3. The number of amides is 1. The lowest BCUT2D eigenvalue weighted by molar-refractivity contribution is -0.128. The molecule has 4 fully saturated rings. The van der Waals surface area contributed by atoms with Gasteiger partial charge < -0.3 is 19.7 Å². The predicted octanol–water partition coefficient (Wildman–Crippen LogP) is 3.51. The Morgan fingerprint density at radius 3 is 2.04 bits per heavy atom. The van der Waals surface area contributed by atoms with Gasteiger partial charge in [0.25, 0.3) is 0 Å². The van der Waals surface area contributed by atoms with Gasteiger partial charge >= 0.3 is 0 Å².